The van der Waals surface area contributed by atoms with Crippen LogP contribution in [0.3, 0.4) is 0 Å². The molecule has 2 N–H and O–H groups in total. The fraction of sp³-hybridized carbons (Fsp3) is 0.692. The lowest BCUT2D eigenvalue weighted by Crippen LogP contribution is -2.45. The van der Waals surface area contributed by atoms with E-state index in [1.807, 2.05) is 30.7 Å². The zero-order chi connectivity index (χ0) is 16.3. The first-order valence-corrected chi connectivity index (χ1v) is 7.48. The third-order valence-electron chi connectivity index (χ3n) is 3.91. The third kappa shape index (κ3) is 3.19. The van der Waals surface area contributed by atoms with Crippen molar-refractivity contribution >= 4 is 23.3 Å². The van der Waals surface area contributed by atoms with Crippen molar-refractivity contribution in [3.8, 4) is 0 Å². The molecule has 1 aromatic rings. The molecule has 0 aliphatic carbocycles. The number of nitro groups is 1. The Balaban J connectivity index is 2.45. The lowest BCUT2D eigenvalue weighted by molar-refractivity contribution is -0.383. The van der Waals surface area contributed by atoms with Gasteiger partial charge in [0.1, 0.15) is 0 Å². The summed E-state index contributed by atoms with van der Waals surface area (Å²) in [5.74, 6) is 0.699. The molecule has 0 amide bonds. The average molecular weight is 309 g/mol. The predicted molar refractivity (Wildman–Crippen MR) is 86.4 cm³/mol. The normalized spacial score (nSPS) is 15.9. The molecule has 1 saturated heterocycles. The summed E-state index contributed by atoms with van der Waals surface area (Å²) in [6, 6.07) is 0. The Morgan fingerprint density at radius 2 is 1.82 bits per heavy atom. The van der Waals surface area contributed by atoms with Gasteiger partial charge in [-0.2, -0.15) is 9.97 Å². The van der Waals surface area contributed by atoms with Crippen LogP contribution in [0, 0.1) is 10.1 Å². The van der Waals surface area contributed by atoms with Crippen LogP contribution in [0.1, 0.15) is 13.8 Å². The van der Waals surface area contributed by atoms with Crippen molar-refractivity contribution in [2.24, 2.45) is 0 Å². The van der Waals surface area contributed by atoms with Crippen molar-refractivity contribution in [2.75, 3.05) is 61.8 Å². The maximum absolute atomic E-state index is 11.4. The SMILES string of the molecule is CCN(CC)c1nc(N)c([N+](=O)[O-])c(N2CCN(C)CC2)n1. The minimum Gasteiger partial charge on any atom is -0.378 e. The molecular formula is C13H23N7O2. The minimum absolute atomic E-state index is 0.0733. The van der Waals surface area contributed by atoms with Crippen LogP contribution < -0.4 is 15.5 Å². The van der Waals surface area contributed by atoms with Crippen LogP contribution in [0.2, 0.25) is 0 Å². The van der Waals surface area contributed by atoms with Gasteiger partial charge in [0.15, 0.2) is 0 Å². The number of hydrogen-bond donors (Lipinski definition) is 1. The number of rotatable bonds is 5. The number of nitrogen functional groups attached to an aromatic ring is 1. The molecule has 1 fully saturated rings. The van der Waals surface area contributed by atoms with Crippen LogP contribution in [0.5, 0.6) is 0 Å². The maximum Gasteiger partial charge on any atom is 0.353 e. The van der Waals surface area contributed by atoms with Crippen molar-refractivity contribution < 1.29 is 4.92 Å². The Hall–Kier alpha value is -2.16. The maximum atomic E-state index is 11.4. The largest absolute Gasteiger partial charge is 0.378 e. The van der Waals surface area contributed by atoms with Crippen molar-refractivity contribution in [2.45, 2.75) is 13.8 Å². The van der Waals surface area contributed by atoms with Gasteiger partial charge in [0.2, 0.25) is 17.6 Å². The number of nitrogens with zero attached hydrogens (tertiary/aromatic N) is 6. The third-order valence-corrected chi connectivity index (χ3v) is 3.91. The van der Waals surface area contributed by atoms with Crippen LogP contribution >= 0.6 is 0 Å². The smallest absolute Gasteiger partial charge is 0.353 e. The van der Waals surface area contributed by atoms with Crippen LogP contribution in [0.25, 0.3) is 0 Å². The Labute approximate surface area is 129 Å². The van der Waals surface area contributed by atoms with Crippen molar-refractivity contribution in [3.63, 3.8) is 0 Å². The summed E-state index contributed by atoms with van der Waals surface area (Å²) in [5.41, 5.74) is 5.65. The van der Waals surface area contributed by atoms with Gasteiger partial charge >= 0.3 is 5.69 Å². The van der Waals surface area contributed by atoms with Gasteiger partial charge in [0.05, 0.1) is 4.92 Å². The fourth-order valence-electron chi connectivity index (χ4n) is 2.51. The van der Waals surface area contributed by atoms with E-state index in [0.29, 0.717) is 24.9 Å². The molecule has 0 unspecified atom stereocenters. The van der Waals surface area contributed by atoms with E-state index in [-0.39, 0.29) is 11.5 Å². The van der Waals surface area contributed by atoms with Crippen molar-refractivity contribution in [1.29, 1.82) is 0 Å². The molecule has 1 aliphatic rings. The second-order valence-corrected chi connectivity index (χ2v) is 5.30. The van der Waals surface area contributed by atoms with E-state index in [2.05, 4.69) is 14.9 Å². The van der Waals surface area contributed by atoms with E-state index in [4.69, 9.17) is 5.73 Å². The van der Waals surface area contributed by atoms with Gasteiger partial charge in [-0.05, 0) is 20.9 Å². The summed E-state index contributed by atoms with van der Waals surface area (Å²) in [4.78, 5) is 25.5. The first kappa shape index (κ1) is 16.2. The van der Waals surface area contributed by atoms with Gasteiger partial charge < -0.3 is 20.4 Å². The number of hydrogen-bond acceptors (Lipinski definition) is 8. The van der Waals surface area contributed by atoms with Crippen LogP contribution in [0.4, 0.5) is 23.3 Å². The first-order valence-electron chi connectivity index (χ1n) is 7.48. The Kier molecular flexibility index (Phi) is 4.96. The molecule has 1 aliphatic heterocycles. The lowest BCUT2D eigenvalue weighted by atomic mass is 10.3. The Bertz CT molecular complexity index is 539. The van der Waals surface area contributed by atoms with E-state index in [1.165, 1.54) is 0 Å². The molecule has 1 aromatic heterocycles. The average Bonchev–Trinajstić information content (AvgIpc) is 2.48. The predicted octanol–water partition coefficient (Wildman–Crippen LogP) is 0.565. The molecule has 9 heteroatoms. The highest BCUT2D eigenvalue weighted by atomic mass is 16.6. The summed E-state index contributed by atoms with van der Waals surface area (Å²) < 4.78 is 0. The van der Waals surface area contributed by atoms with Gasteiger partial charge in [-0.1, -0.05) is 0 Å². The molecule has 9 nitrogen and oxygen atoms in total. The van der Waals surface area contributed by atoms with Crippen molar-refractivity contribution in [3.05, 3.63) is 10.1 Å². The first-order chi connectivity index (χ1) is 10.5. The summed E-state index contributed by atoms with van der Waals surface area (Å²) >= 11 is 0. The highest BCUT2D eigenvalue weighted by molar-refractivity contribution is 5.71. The second kappa shape index (κ2) is 6.73. The van der Waals surface area contributed by atoms with E-state index in [0.717, 1.165) is 26.2 Å². The quantitative estimate of drug-likeness (QED) is 0.621. The lowest BCUT2D eigenvalue weighted by Gasteiger charge is -2.33. The molecule has 0 atom stereocenters. The zero-order valence-corrected chi connectivity index (χ0v) is 13.3. The van der Waals surface area contributed by atoms with E-state index in [1.54, 1.807) is 0 Å². The molecule has 0 bridgehead atoms. The number of nitrogens with two attached hydrogens (primary N) is 1. The van der Waals surface area contributed by atoms with Gasteiger partial charge in [-0.25, -0.2) is 0 Å². The molecule has 122 valence electrons. The molecule has 2 heterocycles. The number of likely N-dealkylation sites (N-methyl/N-ethyl adjacent to an activating group) is 1. The fourth-order valence-corrected chi connectivity index (χ4v) is 2.51. The van der Waals surface area contributed by atoms with Crippen LogP contribution in [0.15, 0.2) is 0 Å². The van der Waals surface area contributed by atoms with Gasteiger partial charge in [0, 0.05) is 39.3 Å². The van der Waals surface area contributed by atoms with E-state index >= 15 is 0 Å². The minimum atomic E-state index is -0.491. The zero-order valence-electron chi connectivity index (χ0n) is 13.3. The molecule has 0 radical (unpaired) electrons. The highest BCUT2D eigenvalue weighted by Gasteiger charge is 2.29. The van der Waals surface area contributed by atoms with Crippen molar-refractivity contribution in [1.82, 2.24) is 14.9 Å². The molecular weight excluding hydrogens is 286 g/mol. The van der Waals surface area contributed by atoms with Gasteiger partial charge in [0.25, 0.3) is 0 Å². The number of anilines is 3. The summed E-state index contributed by atoms with van der Waals surface area (Å²) in [6.45, 7) is 8.45. The van der Waals surface area contributed by atoms with Crippen LogP contribution in [-0.4, -0.2) is 66.1 Å². The Morgan fingerprint density at radius 3 is 2.32 bits per heavy atom. The highest BCUT2D eigenvalue weighted by Crippen LogP contribution is 2.33. The molecule has 2 rings (SSSR count). The number of aromatic nitrogens is 2. The monoisotopic (exact) mass is 309 g/mol. The summed E-state index contributed by atoms with van der Waals surface area (Å²) in [5, 5.41) is 11.4. The summed E-state index contributed by atoms with van der Waals surface area (Å²) in [7, 11) is 2.03. The topological polar surface area (TPSA) is 105 Å². The van der Waals surface area contributed by atoms with E-state index < -0.39 is 4.92 Å². The Morgan fingerprint density at radius 1 is 1.23 bits per heavy atom. The van der Waals surface area contributed by atoms with E-state index in [9.17, 15) is 10.1 Å². The van der Waals surface area contributed by atoms with Gasteiger partial charge in [-0.15, -0.1) is 0 Å². The molecule has 0 saturated carbocycles. The molecule has 0 aromatic carbocycles. The molecule has 0 spiro atoms. The summed E-state index contributed by atoms with van der Waals surface area (Å²) in [6.07, 6.45) is 0. The molecule has 22 heavy (non-hydrogen) atoms. The standard InChI is InChI=1S/C13H23N7O2/c1-4-18(5-2)13-15-11(14)10(20(21)22)12(16-13)19-8-6-17(3)7-9-19/h4-9H2,1-3H3,(H2,14,15,16). The number of piperazine rings is 1. The van der Waals surface area contributed by atoms with Gasteiger partial charge in [-0.3, -0.25) is 10.1 Å². The van der Waals surface area contributed by atoms with Crippen LogP contribution in [-0.2, 0) is 0 Å². The second-order valence-electron chi connectivity index (χ2n) is 5.30.